The fraction of sp³-hybridized carbons (Fsp3) is 0.450. The smallest absolute Gasteiger partial charge is 0.292 e. The Morgan fingerprint density at radius 2 is 1.93 bits per heavy atom. The Hall–Kier alpha value is -2.41. The van der Waals surface area contributed by atoms with Crippen LogP contribution in [-0.4, -0.2) is 23.9 Å². The van der Waals surface area contributed by atoms with E-state index in [9.17, 15) is 14.9 Å². The number of thiophene rings is 1. The van der Waals surface area contributed by atoms with Crippen molar-refractivity contribution in [2.75, 3.05) is 18.0 Å². The van der Waals surface area contributed by atoms with E-state index in [1.807, 2.05) is 22.4 Å². The largest absolute Gasteiger partial charge is 0.366 e. The molecule has 27 heavy (non-hydrogen) atoms. The van der Waals surface area contributed by atoms with Crippen molar-refractivity contribution in [1.29, 1.82) is 0 Å². The Kier molecular flexibility index (Phi) is 6.11. The van der Waals surface area contributed by atoms with Crippen LogP contribution in [0, 0.1) is 22.0 Å². The summed E-state index contributed by atoms with van der Waals surface area (Å²) in [6.07, 6.45) is 1.40. The highest BCUT2D eigenvalue weighted by Gasteiger charge is 2.30. The van der Waals surface area contributed by atoms with Crippen molar-refractivity contribution >= 4 is 28.6 Å². The van der Waals surface area contributed by atoms with E-state index in [1.165, 1.54) is 10.9 Å². The first-order valence-corrected chi connectivity index (χ1v) is 10.2. The van der Waals surface area contributed by atoms with Gasteiger partial charge in [0, 0.05) is 30.0 Å². The molecule has 1 saturated heterocycles. The average Bonchev–Trinajstić information content (AvgIpc) is 3.20. The standard InChI is InChI=1S/C20H25N3O3S/c1-14(2)19(18-8-5-13-27-18)21-20(24)15-9-11-22(12-10-15)16-6-3-4-7-17(16)23(25)26/h3-8,13-15,19H,9-12H2,1-2H3,(H,21,24)/t19-/m1/s1. The summed E-state index contributed by atoms with van der Waals surface area (Å²) in [6.45, 7) is 5.52. The highest BCUT2D eigenvalue weighted by molar-refractivity contribution is 7.10. The van der Waals surface area contributed by atoms with Crippen LogP contribution in [0.25, 0.3) is 0 Å². The molecular weight excluding hydrogens is 362 g/mol. The lowest BCUT2D eigenvalue weighted by Crippen LogP contribution is -2.42. The Bertz CT molecular complexity index is 784. The van der Waals surface area contributed by atoms with Gasteiger partial charge in [-0.25, -0.2) is 0 Å². The van der Waals surface area contributed by atoms with Gasteiger partial charge >= 0.3 is 0 Å². The van der Waals surface area contributed by atoms with Gasteiger partial charge in [-0.1, -0.05) is 32.0 Å². The van der Waals surface area contributed by atoms with Crippen molar-refractivity contribution in [3.05, 3.63) is 56.8 Å². The minimum absolute atomic E-state index is 0.0331. The molecule has 0 unspecified atom stereocenters. The van der Waals surface area contributed by atoms with Crippen LogP contribution in [0.2, 0.25) is 0 Å². The van der Waals surface area contributed by atoms with E-state index in [0.29, 0.717) is 37.5 Å². The molecule has 0 bridgehead atoms. The summed E-state index contributed by atoms with van der Waals surface area (Å²) in [6, 6.07) is 10.9. The molecule has 6 nitrogen and oxygen atoms in total. The number of anilines is 1. The molecule has 1 atom stereocenters. The number of piperidine rings is 1. The average molecular weight is 388 g/mol. The van der Waals surface area contributed by atoms with Gasteiger partial charge < -0.3 is 10.2 Å². The van der Waals surface area contributed by atoms with Crippen molar-refractivity contribution in [2.24, 2.45) is 11.8 Å². The van der Waals surface area contributed by atoms with Gasteiger partial charge in [0.1, 0.15) is 5.69 Å². The number of benzene rings is 1. The van der Waals surface area contributed by atoms with Gasteiger partial charge in [-0.05, 0) is 36.3 Å². The SMILES string of the molecule is CC(C)[C@@H](NC(=O)C1CCN(c2ccccc2[N+](=O)[O-])CC1)c1cccs1. The number of nitrogens with zero attached hydrogens (tertiary/aromatic N) is 2. The first-order chi connectivity index (χ1) is 13.0. The van der Waals surface area contributed by atoms with E-state index in [-0.39, 0.29) is 28.5 Å². The van der Waals surface area contributed by atoms with E-state index in [4.69, 9.17) is 0 Å². The zero-order chi connectivity index (χ0) is 19.4. The Morgan fingerprint density at radius 3 is 2.52 bits per heavy atom. The van der Waals surface area contributed by atoms with Gasteiger partial charge in [-0.15, -0.1) is 11.3 Å². The van der Waals surface area contributed by atoms with Gasteiger partial charge in [0.25, 0.3) is 5.69 Å². The summed E-state index contributed by atoms with van der Waals surface area (Å²) in [5, 5.41) is 16.5. The fourth-order valence-electron chi connectivity index (χ4n) is 3.57. The third-order valence-corrected chi connectivity index (χ3v) is 6.05. The summed E-state index contributed by atoms with van der Waals surface area (Å²) < 4.78 is 0. The molecule has 1 fully saturated rings. The van der Waals surface area contributed by atoms with Gasteiger partial charge in [-0.2, -0.15) is 0 Å². The van der Waals surface area contributed by atoms with Crippen molar-refractivity contribution in [3.63, 3.8) is 0 Å². The minimum atomic E-state index is -0.345. The van der Waals surface area contributed by atoms with Crippen molar-refractivity contribution < 1.29 is 9.72 Å². The van der Waals surface area contributed by atoms with Crippen molar-refractivity contribution in [3.8, 4) is 0 Å². The summed E-state index contributed by atoms with van der Waals surface area (Å²) in [5.74, 6) is 0.356. The van der Waals surface area contributed by atoms with E-state index in [0.717, 1.165) is 0 Å². The molecular formula is C20H25N3O3S. The Balaban J connectivity index is 1.62. The van der Waals surface area contributed by atoms with Crippen LogP contribution < -0.4 is 10.2 Å². The lowest BCUT2D eigenvalue weighted by molar-refractivity contribution is -0.384. The number of carbonyl (C=O) groups excluding carboxylic acids is 1. The zero-order valence-corrected chi connectivity index (χ0v) is 16.4. The second-order valence-electron chi connectivity index (χ2n) is 7.25. The maximum absolute atomic E-state index is 12.8. The molecule has 1 aliphatic heterocycles. The molecule has 0 spiro atoms. The molecule has 1 aliphatic rings. The number of nitro benzene ring substituents is 1. The predicted molar refractivity (Wildman–Crippen MR) is 108 cm³/mol. The molecule has 2 aromatic rings. The second-order valence-corrected chi connectivity index (χ2v) is 8.23. The topological polar surface area (TPSA) is 75.5 Å². The van der Waals surface area contributed by atoms with E-state index >= 15 is 0 Å². The molecule has 7 heteroatoms. The maximum atomic E-state index is 12.8. The molecule has 144 valence electrons. The first-order valence-electron chi connectivity index (χ1n) is 9.29. The van der Waals surface area contributed by atoms with Crippen LogP contribution in [0.15, 0.2) is 41.8 Å². The van der Waals surface area contributed by atoms with Gasteiger partial charge in [0.2, 0.25) is 5.91 Å². The highest BCUT2D eigenvalue weighted by Crippen LogP contribution is 2.32. The van der Waals surface area contributed by atoms with Gasteiger partial charge in [0.05, 0.1) is 11.0 Å². The van der Waals surface area contributed by atoms with Gasteiger partial charge in [0.15, 0.2) is 0 Å². The van der Waals surface area contributed by atoms with Crippen LogP contribution in [0.1, 0.15) is 37.6 Å². The third kappa shape index (κ3) is 4.47. The molecule has 1 aromatic carbocycles. The van der Waals surface area contributed by atoms with Crippen LogP contribution in [0.4, 0.5) is 11.4 Å². The quantitative estimate of drug-likeness (QED) is 0.589. The van der Waals surface area contributed by atoms with Crippen LogP contribution in [0.5, 0.6) is 0 Å². The van der Waals surface area contributed by atoms with Crippen LogP contribution >= 0.6 is 11.3 Å². The minimum Gasteiger partial charge on any atom is -0.366 e. The molecule has 0 saturated carbocycles. The summed E-state index contributed by atoms with van der Waals surface area (Å²) >= 11 is 1.66. The number of carbonyl (C=O) groups is 1. The van der Waals surface area contributed by atoms with Crippen LogP contribution in [0.3, 0.4) is 0 Å². The highest BCUT2D eigenvalue weighted by atomic mass is 32.1. The number of hydrogen-bond donors (Lipinski definition) is 1. The number of nitro groups is 1. The molecule has 0 radical (unpaired) electrons. The second kappa shape index (κ2) is 8.52. The number of amides is 1. The first kappa shape index (κ1) is 19.4. The van der Waals surface area contributed by atoms with Crippen molar-refractivity contribution in [1.82, 2.24) is 5.32 Å². The van der Waals surface area contributed by atoms with E-state index in [2.05, 4.69) is 25.2 Å². The zero-order valence-electron chi connectivity index (χ0n) is 15.6. The Morgan fingerprint density at radius 1 is 1.22 bits per heavy atom. The molecule has 3 rings (SSSR count). The predicted octanol–water partition coefficient (Wildman–Crippen LogP) is 4.39. The lowest BCUT2D eigenvalue weighted by Gasteiger charge is -2.33. The molecule has 2 heterocycles. The summed E-state index contributed by atoms with van der Waals surface area (Å²) in [5.41, 5.74) is 0.762. The van der Waals surface area contributed by atoms with Crippen LogP contribution in [-0.2, 0) is 4.79 Å². The fourth-order valence-corrected chi connectivity index (χ4v) is 4.52. The monoisotopic (exact) mass is 387 g/mol. The number of rotatable bonds is 6. The van der Waals surface area contributed by atoms with E-state index in [1.54, 1.807) is 23.5 Å². The molecule has 1 amide bonds. The Labute approximate surface area is 163 Å². The van der Waals surface area contributed by atoms with Gasteiger partial charge in [-0.3, -0.25) is 14.9 Å². The normalized spacial score (nSPS) is 16.3. The number of nitrogens with one attached hydrogen (secondary N) is 1. The number of hydrogen-bond acceptors (Lipinski definition) is 5. The molecule has 0 aliphatic carbocycles. The van der Waals surface area contributed by atoms with Crippen molar-refractivity contribution in [2.45, 2.75) is 32.7 Å². The molecule has 1 N–H and O–H groups in total. The molecule has 1 aromatic heterocycles. The maximum Gasteiger partial charge on any atom is 0.292 e. The van der Waals surface area contributed by atoms with E-state index < -0.39 is 0 Å². The number of para-hydroxylation sites is 2. The lowest BCUT2D eigenvalue weighted by atomic mass is 9.94. The summed E-state index contributed by atoms with van der Waals surface area (Å²) in [4.78, 5) is 26.9. The third-order valence-electron chi connectivity index (χ3n) is 5.10. The summed E-state index contributed by atoms with van der Waals surface area (Å²) in [7, 11) is 0.